The number of hydrogen-bond acceptors (Lipinski definition) is 32. The van der Waals surface area contributed by atoms with Gasteiger partial charge in [-0.2, -0.15) is 0 Å². The second kappa shape index (κ2) is 36.5. The molecule has 0 bridgehead atoms. The van der Waals surface area contributed by atoms with Gasteiger partial charge < -0.3 is 142 Å². The van der Waals surface area contributed by atoms with E-state index in [0.29, 0.717) is 41.6 Å². The van der Waals surface area contributed by atoms with Gasteiger partial charge in [0.2, 0.25) is 29.5 Å². The number of guanidine groups is 1. The molecule has 2 aliphatic heterocycles. The Hall–Kier alpha value is -8.38. The van der Waals surface area contributed by atoms with E-state index in [1.807, 2.05) is 0 Å². The molecule has 2 aliphatic rings. The Labute approximate surface area is 565 Å². The summed E-state index contributed by atoms with van der Waals surface area (Å²) in [5, 5.41) is 108. The molecule has 43 heteroatoms. The summed E-state index contributed by atoms with van der Waals surface area (Å²) in [5.74, 6) is -8.85. The monoisotopic (exact) mass is 1420 g/mol. The molecule has 0 radical (unpaired) electrons. The van der Waals surface area contributed by atoms with Crippen molar-refractivity contribution in [2.45, 2.75) is 163 Å². The van der Waals surface area contributed by atoms with E-state index < -0.39 is 183 Å². The summed E-state index contributed by atoms with van der Waals surface area (Å²) in [4.78, 5) is 135. The number of carbonyl (C=O) groups is 8. The molecule has 8 amide bonds. The van der Waals surface area contributed by atoms with Crippen LogP contribution in [0.25, 0.3) is 10.7 Å². The topological polar surface area (TPSA) is 691 Å². The lowest BCUT2D eigenvalue weighted by atomic mass is 9.96. The molecule has 542 valence electrons. The van der Waals surface area contributed by atoms with Gasteiger partial charge in [-0.15, -0.1) is 22.7 Å². The molecule has 0 spiro atoms. The fourth-order valence-corrected chi connectivity index (χ4v) is 11.5. The number of anilines is 1. The van der Waals surface area contributed by atoms with E-state index in [1.54, 1.807) is 10.8 Å². The average Bonchev–Trinajstić information content (AvgIpc) is 0.925. The zero-order valence-corrected chi connectivity index (χ0v) is 54.9. The Morgan fingerprint density at radius 3 is 2.09 bits per heavy atom. The van der Waals surface area contributed by atoms with E-state index >= 15 is 4.79 Å². The van der Waals surface area contributed by atoms with Crippen LogP contribution in [0.4, 0.5) is 10.6 Å². The van der Waals surface area contributed by atoms with Crippen LogP contribution in [-0.4, -0.2) is 261 Å². The van der Waals surface area contributed by atoms with Crippen molar-refractivity contribution in [3.8, 4) is 10.7 Å². The van der Waals surface area contributed by atoms with Crippen LogP contribution in [0, 0.1) is 12.8 Å². The van der Waals surface area contributed by atoms with E-state index in [9.17, 15) is 74.4 Å². The molecule has 0 aliphatic carbocycles. The van der Waals surface area contributed by atoms with Crippen molar-refractivity contribution in [2.75, 3.05) is 45.1 Å². The third kappa shape index (κ3) is 21.1. The quantitative estimate of drug-likeness (QED) is 0.0114. The zero-order chi connectivity index (χ0) is 72.4. The maximum absolute atomic E-state index is 15.2. The van der Waals surface area contributed by atoms with Gasteiger partial charge >= 0.3 is 6.09 Å². The molecule has 4 aromatic heterocycles. The number of imidazole rings is 1. The Kier molecular flexibility index (Phi) is 29.2. The molecule has 98 heavy (non-hydrogen) atoms. The highest BCUT2D eigenvalue weighted by Crippen LogP contribution is 2.35. The summed E-state index contributed by atoms with van der Waals surface area (Å²) >= 11 is 2.46. The van der Waals surface area contributed by atoms with Crippen molar-refractivity contribution < 1.29 is 103 Å². The summed E-state index contributed by atoms with van der Waals surface area (Å²) in [5.41, 5.74) is 38.6. The van der Waals surface area contributed by atoms with Crippen molar-refractivity contribution in [2.24, 2.45) is 45.3 Å². The lowest BCUT2D eigenvalue weighted by Gasteiger charge is -2.47. The highest BCUT2D eigenvalue weighted by atomic mass is 32.1. The van der Waals surface area contributed by atoms with Gasteiger partial charge in [-0.25, -0.2) is 29.7 Å². The minimum absolute atomic E-state index is 0.0175. The maximum atomic E-state index is 15.2. The number of aliphatic hydroxyl groups is 8. The number of aliphatic hydroxyl groups excluding tert-OH is 8. The van der Waals surface area contributed by atoms with E-state index in [1.165, 1.54) is 50.4 Å². The van der Waals surface area contributed by atoms with Crippen LogP contribution < -0.4 is 72.0 Å². The number of aromatic amines is 1. The van der Waals surface area contributed by atoms with Crippen molar-refractivity contribution in [3.63, 3.8) is 0 Å². The van der Waals surface area contributed by atoms with Crippen LogP contribution in [0.5, 0.6) is 0 Å². The fraction of sp³-hybridized carbons (Fsp3) is 0.600. The predicted molar refractivity (Wildman–Crippen MR) is 340 cm³/mol. The summed E-state index contributed by atoms with van der Waals surface area (Å²) in [7, 11) is 0. The lowest BCUT2D eigenvalue weighted by molar-refractivity contribution is -0.372. The molecular formula is C55H84N20O21S2. The summed E-state index contributed by atoms with van der Waals surface area (Å²) in [6, 6.07) is -7.89. The Morgan fingerprint density at radius 1 is 0.765 bits per heavy atom. The number of aliphatic imine (C=N–C) groups is 1. The number of nitrogen functional groups attached to an aromatic ring is 1. The second-order valence-electron chi connectivity index (χ2n) is 22.8. The van der Waals surface area contributed by atoms with E-state index in [0.717, 1.165) is 12.5 Å². The number of amides is 8. The average molecular weight is 1430 g/mol. The number of unbranched alkanes of at least 4 members (excludes halogenated alkanes) is 1. The van der Waals surface area contributed by atoms with Crippen molar-refractivity contribution in [3.05, 3.63) is 56.8 Å². The third-order valence-electron chi connectivity index (χ3n) is 15.4. The summed E-state index contributed by atoms with van der Waals surface area (Å²) < 4.78 is 28.7. The van der Waals surface area contributed by atoms with Crippen molar-refractivity contribution >= 4 is 81.9 Å². The Balaban J connectivity index is 1.24. The second-order valence-corrected chi connectivity index (χ2v) is 24.6. The molecule has 19 atom stereocenters. The summed E-state index contributed by atoms with van der Waals surface area (Å²) in [6.07, 6.45) is -23.9. The smallest absolute Gasteiger partial charge is 0.404 e. The first-order valence-corrected chi connectivity index (χ1v) is 32.1. The number of primary amides is 3. The number of thiazole rings is 2. The standard InChI is InChI=1S/C55H84N20O21S2/c1-19-32(72-45(75-43(19)58)24(11-30(57)79)67-12-23(56)44(59)85)49(89)74-34(40(25-13-63-18-68-25)94-53-42(38(83)36(81)28(14-76)93-53)95-52-39(84)41(96-55(62)91)37(82)29(15-77)92-52)50(90)69-21(3)35(80)20(2)46(86)73-33(22(4)78)48(88)65-10-7-31-70-27(17-97-31)51-71-26(16-98-51)47(87)64-8-5-6-9-66-54(60)61/h13,16-18,20-24,28-29,33-42,52-53,67,76-78,80-84H,5-12,14-15,56H2,1-4H3,(H2,57,79)(H2,59,85)(H2,62,91)(H,63,68)(H,64,87)(H,65,88)(H,69,90)(H,73,86)(H,74,89)(H2,58,72,75)(H4,60,61,66)/t20-,21+,22+,23-,24-,28-,29+,33-,34-,35-,36-,37+,38+,39-,40+,41+,42-,52+,53-/m0/s1. The first-order chi connectivity index (χ1) is 46.3. The van der Waals surface area contributed by atoms with Crippen LogP contribution in [0.2, 0.25) is 0 Å². The van der Waals surface area contributed by atoms with Crippen LogP contribution in [0.3, 0.4) is 0 Å². The molecule has 6 rings (SSSR count). The SMILES string of the molecule is Cc1c(N)nc([C@H](CC(N)=O)NC[C@H](N)C(N)=O)nc1C(=O)N[C@H](C(=O)N[C@H](C)[C@@H](O)[C@H](C)C(=O)N[C@H](C(=O)NCCc1nc(-c2nc(C(=O)NCCCCN=C(N)N)cs2)cs1)[C@@H](C)O)[C@H](O[C@@H]1O[C@@H](CO)[C@H](O)[C@@H](O)[C@@H]1O[C@H]1O[C@H](CO)[C@@H](O)[C@@H](OC(N)=O)[C@@H]1O)c1cnc[nH]1. The highest BCUT2D eigenvalue weighted by Gasteiger charge is 2.54. The van der Waals surface area contributed by atoms with Crippen molar-refractivity contribution in [1.82, 2.24) is 61.8 Å². The highest BCUT2D eigenvalue weighted by molar-refractivity contribution is 7.14. The number of H-pyrrole nitrogens is 1. The van der Waals surface area contributed by atoms with Gasteiger partial charge in [-0.1, -0.05) is 6.92 Å². The molecule has 41 nitrogen and oxygen atoms in total. The molecule has 2 fully saturated rings. The van der Waals surface area contributed by atoms with E-state index in [4.69, 9.17) is 63.8 Å². The number of carbonyl (C=O) groups excluding carboxylic acids is 8. The predicted octanol–water partition coefficient (Wildman–Crippen LogP) is -8.92. The zero-order valence-electron chi connectivity index (χ0n) is 53.3. The minimum Gasteiger partial charge on any atom is -0.441 e. The Morgan fingerprint density at radius 2 is 1.46 bits per heavy atom. The fourth-order valence-electron chi connectivity index (χ4n) is 9.88. The molecule has 29 N–H and O–H groups in total. The van der Waals surface area contributed by atoms with Gasteiger partial charge in [0.15, 0.2) is 24.6 Å². The molecule has 0 saturated carbocycles. The first kappa shape index (κ1) is 78.6. The van der Waals surface area contributed by atoms with Crippen LogP contribution in [0.1, 0.15) is 95.2 Å². The van der Waals surface area contributed by atoms with E-state index in [-0.39, 0.29) is 60.0 Å². The van der Waals surface area contributed by atoms with Gasteiger partial charge in [0, 0.05) is 55.3 Å². The van der Waals surface area contributed by atoms with Gasteiger partial charge in [-0.3, -0.25) is 38.6 Å². The van der Waals surface area contributed by atoms with Gasteiger partial charge in [-0.05, 0) is 33.6 Å². The summed E-state index contributed by atoms with van der Waals surface area (Å²) in [6.45, 7) is 3.39. The number of ether oxygens (including phenoxy) is 5. The van der Waals surface area contributed by atoms with Gasteiger partial charge in [0.05, 0.1) is 72.7 Å². The van der Waals surface area contributed by atoms with Crippen LogP contribution >= 0.6 is 22.7 Å². The van der Waals surface area contributed by atoms with Gasteiger partial charge in [0.25, 0.3) is 11.8 Å². The molecule has 0 unspecified atom stereocenters. The minimum atomic E-state index is -2.20. The lowest BCUT2D eigenvalue weighted by Crippen LogP contribution is -2.65. The number of rotatable bonds is 36. The van der Waals surface area contributed by atoms with E-state index in [2.05, 4.69) is 66.8 Å². The normalized spacial score (nSPS) is 23.6. The first-order valence-electron chi connectivity index (χ1n) is 30.4. The Bertz CT molecular complexity index is 3380. The molecule has 0 aromatic carbocycles. The number of nitrogens with zero attached hydrogens (tertiary/aromatic N) is 6. The van der Waals surface area contributed by atoms with Gasteiger partial charge in [0.1, 0.15) is 94.6 Å². The van der Waals surface area contributed by atoms with Crippen LogP contribution in [0.15, 0.2) is 28.3 Å². The maximum Gasteiger partial charge on any atom is 0.404 e. The molecule has 4 aromatic rings. The number of nitrogens with one attached hydrogen (secondary N) is 7. The molecular weight excluding hydrogens is 1340 g/mol. The molecule has 2 saturated heterocycles. The number of hydrogen-bond donors (Lipinski definition) is 22. The van der Waals surface area contributed by atoms with Crippen molar-refractivity contribution in [1.29, 1.82) is 0 Å². The molecule has 6 heterocycles. The number of nitrogens with two attached hydrogens (primary N) is 7. The third-order valence-corrected chi connectivity index (χ3v) is 17.2. The largest absolute Gasteiger partial charge is 0.441 e. The number of aromatic nitrogens is 6. The van der Waals surface area contributed by atoms with Crippen LogP contribution in [-0.2, 0) is 54.1 Å².